The highest BCUT2D eigenvalue weighted by Gasteiger charge is 2.48. The van der Waals surface area contributed by atoms with E-state index in [4.69, 9.17) is 0 Å². The number of carbonyl (C=O) groups excluding carboxylic acids is 2. The van der Waals surface area contributed by atoms with Gasteiger partial charge in [0.25, 0.3) is 0 Å². The lowest BCUT2D eigenvalue weighted by atomic mass is 9.85. The highest BCUT2D eigenvalue weighted by molar-refractivity contribution is 5.97. The van der Waals surface area contributed by atoms with E-state index in [0.717, 1.165) is 12.8 Å². The maximum Gasteiger partial charge on any atom is 0.246 e. The zero-order chi connectivity index (χ0) is 13.7. The number of rotatable bonds is 2. The van der Waals surface area contributed by atoms with E-state index in [-0.39, 0.29) is 35.4 Å². The summed E-state index contributed by atoms with van der Waals surface area (Å²) >= 11 is 0. The van der Waals surface area contributed by atoms with E-state index in [2.05, 4.69) is 26.1 Å². The lowest BCUT2D eigenvalue weighted by Gasteiger charge is -2.45. The summed E-state index contributed by atoms with van der Waals surface area (Å²) in [4.78, 5) is 26.4. The molecule has 0 radical (unpaired) electrons. The topological polar surface area (TPSA) is 49.4 Å². The zero-order valence-corrected chi connectivity index (χ0v) is 12.0. The Balaban J connectivity index is 2.24. The van der Waals surface area contributed by atoms with Crippen LogP contribution in [0.1, 0.15) is 47.5 Å². The summed E-state index contributed by atoms with van der Waals surface area (Å²) in [5.41, 5.74) is -0.0182. The molecule has 102 valence electrons. The lowest BCUT2D eigenvalue weighted by Crippen LogP contribution is -2.66. The Hall–Kier alpha value is -1.06. The Morgan fingerprint density at radius 3 is 2.28 bits per heavy atom. The highest BCUT2D eigenvalue weighted by atomic mass is 16.2. The quantitative estimate of drug-likeness (QED) is 0.810. The van der Waals surface area contributed by atoms with E-state index < -0.39 is 0 Å². The molecule has 3 atom stereocenters. The van der Waals surface area contributed by atoms with Crippen LogP contribution in [0.4, 0.5) is 0 Å². The van der Waals surface area contributed by atoms with Crippen molar-refractivity contribution >= 4 is 11.8 Å². The van der Waals surface area contributed by atoms with E-state index in [1.165, 1.54) is 0 Å². The van der Waals surface area contributed by atoms with E-state index in [9.17, 15) is 9.59 Å². The number of hydrogen-bond acceptors (Lipinski definition) is 2. The normalized spacial score (nSPS) is 31.3. The van der Waals surface area contributed by atoms with Crippen molar-refractivity contribution in [3.05, 3.63) is 0 Å². The van der Waals surface area contributed by atoms with Gasteiger partial charge < -0.3 is 10.2 Å². The molecule has 0 aromatic rings. The predicted octanol–water partition coefficient (Wildman–Crippen LogP) is 1.55. The molecule has 1 heterocycles. The molecule has 0 aromatic carbocycles. The first kappa shape index (κ1) is 13.4. The Labute approximate surface area is 109 Å². The van der Waals surface area contributed by atoms with Crippen molar-refractivity contribution < 1.29 is 9.59 Å². The maximum absolute atomic E-state index is 12.6. The molecule has 0 bridgehead atoms. The smallest absolute Gasteiger partial charge is 0.246 e. The van der Waals surface area contributed by atoms with Crippen molar-refractivity contribution in [2.45, 2.75) is 65.6 Å². The fourth-order valence-electron chi connectivity index (χ4n) is 2.51. The Kier molecular flexibility index (Phi) is 3.16. The third kappa shape index (κ3) is 2.25. The van der Waals surface area contributed by atoms with Gasteiger partial charge in [-0.15, -0.1) is 0 Å². The first-order valence-corrected chi connectivity index (χ1v) is 6.86. The average molecular weight is 252 g/mol. The van der Waals surface area contributed by atoms with Gasteiger partial charge in [-0.05, 0) is 38.0 Å². The number of carbonyl (C=O) groups is 2. The van der Waals surface area contributed by atoms with Crippen LogP contribution in [-0.4, -0.2) is 34.8 Å². The second-order valence-corrected chi connectivity index (χ2v) is 6.79. The fraction of sp³-hybridized carbons (Fsp3) is 0.857. The van der Waals surface area contributed by atoms with Crippen molar-refractivity contribution in [1.29, 1.82) is 0 Å². The SMILES string of the molecule is CC1C(=O)NC(C2CC2)C(=O)N1C(C)C(C)(C)C. The summed E-state index contributed by atoms with van der Waals surface area (Å²) in [6.45, 7) is 10.2. The summed E-state index contributed by atoms with van der Waals surface area (Å²) in [6, 6.07) is -0.576. The maximum atomic E-state index is 12.6. The van der Waals surface area contributed by atoms with E-state index >= 15 is 0 Å². The van der Waals surface area contributed by atoms with Crippen LogP contribution in [0.25, 0.3) is 0 Å². The predicted molar refractivity (Wildman–Crippen MR) is 69.9 cm³/mol. The van der Waals surface area contributed by atoms with E-state index in [1.54, 1.807) is 4.90 Å². The minimum absolute atomic E-state index is 0.0115. The highest BCUT2D eigenvalue weighted by Crippen LogP contribution is 2.37. The van der Waals surface area contributed by atoms with E-state index in [0.29, 0.717) is 5.92 Å². The number of amides is 2. The molecule has 2 aliphatic rings. The van der Waals surface area contributed by atoms with Crippen LogP contribution in [0, 0.1) is 11.3 Å². The van der Waals surface area contributed by atoms with Gasteiger partial charge in [0.05, 0.1) is 0 Å². The third-order valence-corrected chi connectivity index (χ3v) is 4.38. The van der Waals surface area contributed by atoms with Crippen LogP contribution in [0.15, 0.2) is 0 Å². The standard InChI is InChI=1S/C14H24N2O2/c1-8-12(17)15-11(10-6-7-10)13(18)16(8)9(2)14(3,4)5/h8-11H,6-7H2,1-5H3,(H,15,17). The fourth-order valence-corrected chi connectivity index (χ4v) is 2.51. The third-order valence-electron chi connectivity index (χ3n) is 4.38. The zero-order valence-electron chi connectivity index (χ0n) is 12.0. The largest absolute Gasteiger partial charge is 0.342 e. The Morgan fingerprint density at radius 2 is 1.83 bits per heavy atom. The van der Waals surface area contributed by atoms with Crippen molar-refractivity contribution in [3.63, 3.8) is 0 Å². The van der Waals surface area contributed by atoms with Crippen LogP contribution in [-0.2, 0) is 9.59 Å². The molecule has 2 fully saturated rings. The molecule has 4 heteroatoms. The first-order valence-electron chi connectivity index (χ1n) is 6.86. The van der Waals surface area contributed by atoms with Crippen LogP contribution >= 0.6 is 0 Å². The molecule has 1 saturated heterocycles. The Bertz CT molecular complexity index is 368. The summed E-state index contributed by atoms with van der Waals surface area (Å²) in [7, 11) is 0. The van der Waals surface area contributed by atoms with Gasteiger partial charge in [0.15, 0.2) is 0 Å². The monoisotopic (exact) mass is 252 g/mol. The Morgan fingerprint density at radius 1 is 1.28 bits per heavy atom. The molecular formula is C14H24N2O2. The summed E-state index contributed by atoms with van der Waals surface area (Å²) in [5.74, 6) is 0.457. The molecule has 2 amide bonds. The van der Waals surface area contributed by atoms with Gasteiger partial charge in [-0.2, -0.15) is 0 Å². The van der Waals surface area contributed by atoms with Gasteiger partial charge in [0.2, 0.25) is 11.8 Å². The van der Waals surface area contributed by atoms with Crippen LogP contribution in [0.2, 0.25) is 0 Å². The van der Waals surface area contributed by atoms with Gasteiger partial charge in [-0.1, -0.05) is 20.8 Å². The summed E-state index contributed by atoms with van der Waals surface area (Å²) in [6.07, 6.45) is 2.12. The number of hydrogen-bond donors (Lipinski definition) is 1. The molecule has 18 heavy (non-hydrogen) atoms. The molecule has 1 saturated carbocycles. The van der Waals surface area contributed by atoms with Crippen molar-refractivity contribution in [2.75, 3.05) is 0 Å². The molecule has 1 aliphatic heterocycles. The number of piperazine rings is 1. The molecule has 0 spiro atoms. The minimum Gasteiger partial charge on any atom is -0.342 e. The van der Waals surface area contributed by atoms with Crippen molar-refractivity contribution in [3.8, 4) is 0 Å². The summed E-state index contributed by atoms with van der Waals surface area (Å²) in [5, 5.41) is 2.88. The van der Waals surface area contributed by atoms with Gasteiger partial charge in [-0.3, -0.25) is 9.59 Å². The molecule has 1 N–H and O–H groups in total. The minimum atomic E-state index is -0.360. The average Bonchev–Trinajstić information content (AvgIpc) is 3.06. The molecular weight excluding hydrogens is 228 g/mol. The first-order chi connectivity index (χ1) is 8.23. The van der Waals surface area contributed by atoms with Crippen LogP contribution in [0.3, 0.4) is 0 Å². The van der Waals surface area contributed by atoms with Crippen molar-refractivity contribution in [2.24, 2.45) is 11.3 Å². The molecule has 4 nitrogen and oxygen atoms in total. The molecule has 2 rings (SSSR count). The lowest BCUT2D eigenvalue weighted by molar-refractivity contribution is -0.154. The van der Waals surface area contributed by atoms with Crippen LogP contribution in [0.5, 0.6) is 0 Å². The number of nitrogens with zero attached hydrogens (tertiary/aromatic N) is 1. The number of nitrogens with one attached hydrogen (secondary N) is 1. The molecule has 0 aromatic heterocycles. The van der Waals surface area contributed by atoms with Crippen molar-refractivity contribution in [1.82, 2.24) is 10.2 Å². The second-order valence-electron chi connectivity index (χ2n) is 6.79. The summed E-state index contributed by atoms with van der Waals surface area (Å²) < 4.78 is 0. The van der Waals surface area contributed by atoms with Crippen LogP contribution < -0.4 is 5.32 Å². The molecule has 3 unspecified atom stereocenters. The van der Waals surface area contributed by atoms with Gasteiger partial charge in [0.1, 0.15) is 12.1 Å². The molecule has 1 aliphatic carbocycles. The van der Waals surface area contributed by atoms with Gasteiger partial charge >= 0.3 is 0 Å². The van der Waals surface area contributed by atoms with Gasteiger partial charge in [0, 0.05) is 6.04 Å². The van der Waals surface area contributed by atoms with E-state index in [1.807, 2.05) is 13.8 Å². The second kappa shape index (κ2) is 4.25. The van der Waals surface area contributed by atoms with Gasteiger partial charge in [-0.25, -0.2) is 0 Å².